The van der Waals surface area contributed by atoms with Gasteiger partial charge in [-0.25, -0.2) is 13.6 Å². The number of nitrogens with zero attached hydrogens (tertiary/aromatic N) is 1. The Morgan fingerprint density at radius 3 is 2.56 bits per heavy atom. The van der Waals surface area contributed by atoms with Crippen LogP contribution in [0.25, 0.3) is 0 Å². The van der Waals surface area contributed by atoms with Crippen molar-refractivity contribution in [3.8, 4) is 0 Å². The van der Waals surface area contributed by atoms with Crippen molar-refractivity contribution >= 4 is 39.3 Å². The molecular formula is C18H25BrF2N2O3S. The lowest BCUT2D eigenvalue weighted by atomic mass is 9.84. The van der Waals surface area contributed by atoms with Gasteiger partial charge in [-0.2, -0.15) is 0 Å². The van der Waals surface area contributed by atoms with E-state index < -0.39 is 35.5 Å². The molecule has 1 aromatic heterocycles. The van der Waals surface area contributed by atoms with E-state index in [9.17, 15) is 23.5 Å². The first-order chi connectivity index (χ1) is 12.4. The first-order valence-electron chi connectivity index (χ1n) is 8.87. The molecule has 0 radical (unpaired) electrons. The number of carbonyl (C=O) groups is 2. The summed E-state index contributed by atoms with van der Waals surface area (Å²) in [7, 11) is 0. The van der Waals surface area contributed by atoms with Crippen molar-refractivity contribution in [3.63, 3.8) is 0 Å². The van der Waals surface area contributed by atoms with Gasteiger partial charge in [0, 0.05) is 21.3 Å². The summed E-state index contributed by atoms with van der Waals surface area (Å²) in [5.41, 5.74) is -0.867. The molecule has 0 saturated heterocycles. The van der Waals surface area contributed by atoms with Crippen LogP contribution in [-0.2, 0) is 6.42 Å². The number of rotatable bonds is 4. The molecule has 0 unspecified atom stereocenters. The largest absolute Gasteiger partial charge is 0.465 e. The smallest absolute Gasteiger partial charge is 0.408 e. The van der Waals surface area contributed by atoms with Crippen LogP contribution >= 0.6 is 27.3 Å². The quantitative estimate of drug-likeness (QED) is 0.645. The van der Waals surface area contributed by atoms with E-state index in [2.05, 4.69) is 21.2 Å². The van der Waals surface area contributed by atoms with Gasteiger partial charge in [0.1, 0.15) is 6.04 Å². The highest BCUT2D eigenvalue weighted by atomic mass is 79.9. The van der Waals surface area contributed by atoms with Crippen LogP contribution in [0.15, 0.2) is 10.5 Å². The molecule has 1 fully saturated rings. The van der Waals surface area contributed by atoms with E-state index in [0.29, 0.717) is 4.88 Å². The molecule has 2 atom stereocenters. The number of nitrogens with one attached hydrogen (secondary N) is 1. The predicted octanol–water partition coefficient (Wildman–Crippen LogP) is 5.14. The molecule has 0 bridgehead atoms. The zero-order chi connectivity index (χ0) is 20.6. The van der Waals surface area contributed by atoms with Crippen LogP contribution in [0.4, 0.5) is 13.6 Å². The minimum Gasteiger partial charge on any atom is -0.465 e. The molecule has 2 N–H and O–H groups in total. The SMILES string of the molecule is CCc1sc(C(=O)N[C@@H]2[C@H](N(C(=O)O)C(C)(C)C)CCCC2(F)F)cc1Br. The topological polar surface area (TPSA) is 69.6 Å². The second-order valence-electron chi connectivity index (χ2n) is 7.73. The highest BCUT2D eigenvalue weighted by Crippen LogP contribution is 2.38. The highest BCUT2D eigenvalue weighted by molar-refractivity contribution is 9.10. The number of aryl methyl sites for hydroxylation is 1. The molecule has 27 heavy (non-hydrogen) atoms. The standard InChI is InChI=1S/C18H25BrF2N2O3S/c1-5-12-10(19)9-13(27-12)15(24)22-14-11(7-6-8-18(14,20)21)23(16(25)26)17(2,3)4/h9,11,14H,5-8H2,1-4H3,(H,22,24)(H,25,26)/t11-,14-/m1/s1. The van der Waals surface area contributed by atoms with Crippen LogP contribution in [0.1, 0.15) is 61.5 Å². The number of hydrogen-bond donors (Lipinski definition) is 2. The molecular weight excluding hydrogens is 442 g/mol. The Morgan fingerprint density at radius 1 is 1.44 bits per heavy atom. The van der Waals surface area contributed by atoms with E-state index in [1.807, 2.05) is 6.92 Å². The van der Waals surface area contributed by atoms with Crippen LogP contribution in [0.2, 0.25) is 0 Å². The van der Waals surface area contributed by atoms with E-state index in [4.69, 9.17) is 0 Å². The van der Waals surface area contributed by atoms with Gasteiger partial charge in [-0.15, -0.1) is 11.3 Å². The van der Waals surface area contributed by atoms with Crippen molar-refractivity contribution in [2.45, 2.75) is 76.9 Å². The maximum atomic E-state index is 14.7. The van der Waals surface area contributed by atoms with E-state index in [1.54, 1.807) is 26.8 Å². The lowest BCUT2D eigenvalue weighted by Crippen LogP contribution is -2.66. The van der Waals surface area contributed by atoms with Crippen molar-refractivity contribution in [2.75, 3.05) is 0 Å². The fourth-order valence-corrected chi connectivity index (χ4v) is 5.33. The van der Waals surface area contributed by atoms with Gasteiger partial charge in [0.25, 0.3) is 11.8 Å². The molecule has 2 amide bonds. The van der Waals surface area contributed by atoms with Gasteiger partial charge in [-0.3, -0.25) is 9.69 Å². The zero-order valence-corrected chi connectivity index (χ0v) is 18.2. The zero-order valence-electron chi connectivity index (χ0n) is 15.8. The molecule has 1 saturated carbocycles. The number of carboxylic acid groups (broad SMARTS) is 1. The van der Waals surface area contributed by atoms with Gasteiger partial charge in [-0.05, 0) is 62.0 Å². The van der Waals surface area contributed by atoms with Crippen molar-refractivity contribution < 1.29 is 23.5 Å². The van der Waals surface area contributed by atoms with Gasteiger partial charge in [0.05, 0.1) is 10.9 Å². The molecule has 0 aliphatic heterocycles. The Hall–Kier alpha value is -1.22. The third-order valence-electron chi connectivity index (χ3n) is 4.70. The Bertz CT molecular complexity index is 718. The maximum Gasteiger partial charge on any atom is 0.408 e. The lowest BCUT2D eigenvalue weighted by Gasteiger charge is -2.47. The summed E-state index contributed by atoms with van der Waals surface area (Å²) in [6.07, 6.45) is -0.443. The van der Waals surface area contributed by atoms with Crippen molar-refractivity contribution in [2.24, 2.45) is 0 Å². The molecule has 1 heterocycles. The van der Waals surface area contributed by atoms with Crippen LogP contribution in [0.3, 0.4) is 0 Å². The van der Waals surface area contributed by atoms with Crippen LogP contribution < -0.4 is 5.32 Å². The average molecular weight is 467 g/mol. The number of hydrogen-bond acceptors (Lipinski definition) is 3. The number of alkyl halides is 2. The molecule has 0 aromatic carbocycles. The Labute approximate surface area is 170 Å². The molecule has 1 aliphatic rings. The van der Waals surface area contributed by atoms with Crippen LogP contribution in [-0.4, -0.2) is 45.6 Å². The second kappa shape index (κ2) is 8.03. The normalized spacial score (nSPS) is 22.3. The summed E-state index contributed by atoms with van der Waals surface area (Å²) < 4.78 is 30.2. The van der Waals surface area contributed by atoms with Crippen molar-refractivity contribution in [1.82, 2.24) is 10.2 Å². The lowest BCUT2D eigenvalue weighted by molar-refractivity contribution is -0.0973. The molecule has 1 aliphatic carbocycles. The summed E-state index contributed by atoms with van der Waals surface area (Å²) in [6.45, 7) is 6.93. The predicted molar refractivity (Wildman–Crippen MR) is 105 cm³/mol. The fourth-order valence-electron chi connectivity index (χ4n) is 3.53. The summed E-state index contributed by atoms with van der Waals surface area (Å²) in [6, 6.07) is -0.947. The molecule has 2 rings (SSSR count). The molecule has 5 nitrogen and oxygen atoms in total. The average Bonchev–Trinajstić information content (AvgIpc) is 2.89. The van der Waals surface area contributed by atoms with E-state index >= 15 is 0 Å². The third-order valence-corrected chi connectivity index (χ3v) is 6.95. The van der Waals surface area contributed by atoms with Gasteiger partial charge in [-0.1, -0.05) is 6.92 Å². The molecule has 9 heteroatoms. The minimum atomic E-state index is -3.18. The number of halogens is 3. The first-order valence-corrected chi connectivity index (χ1v) is 10.5. The highest BCUT2D eigenvalue weighted by Gasteiger charge is 2.52. The van der Waals surface area contributed by atoms with E-state index in [1.165, 1.54) is 11.3 Å². The first kappa shape index (κ1) is 22.1. The van der Waals surface area contributed by atoms with Crippen molar-refractivity contribution in [3.05, 3.63) is 20.3 Å². The van der Waals surface area contributed by atoms with Gasteiger partial charge < -0.3 is 10.4 Å². The Kier molecular flexibility index (Phi) is 6.56. The maximum absolute atomic E-state index is 14.7. The number of thiophene rings is 1. The summed E-state index contributed by atoms with van der Waals surface area (Å²) in [5, 5.41) is 12.1. The van der Waals surface area contributed by atoms with E-state index in [-0.39, 0.29) is 19.3 Å². The molecule has 1 aromatic rings. The molecule has 0 spiro atoms. The number of carbonyl (C=O) groups excluding carboxylic acids is 1. The van der Waals surface area contributed by atoms with E-state index in [0.717, 1.165) is 20.7 Å². The second-order valence-corrected chi connectivity index (χ2v) is 9.72. The van der Waals surface area contributed by atoms with Crippen molar-refractivity contribution in [1.29, 1.82) is 0 Å². The van der Waals surface area contributed by atoms with Gasteiger partial charge >= 0.3 is 6.09 Å². The minimum absolute atomic E-state index is 0.203. The van der Waals surface area contributed by atoms with Gasteiger partial charge in [0.2, 0.25) is 0 Å². The fraction of sp³-hybridized carbons (Fsp3) is 0.667. The summed E-state index contributed by atoms with van der Waals surface area (Å²) in [5.74, 6) is -3.78. The Balaban J connectivity index is 2.35. The number of amides is 2. The third kappa shape index (κ3) is 4.80. The molecule has 152 valence electrons. The summed E-state index contributed by atoms with van der Waals surface area (Å²) >= 11 is 4.61. The van der Waals surface area contributed by atoms with Gasteiger partial charge in [0.15, 0.2) is 0 Å². The Morgan fingerprint density at radius 2 is 2.07 bits per heavy atom. The van der Waals surface area contributed by atoms with Crippen LogP contribution in [0.5, 0.6) is 0 Å². The van der Waals surface area contributed by atoms with Crippen LogP contribution in [0, 0.1) is 0 Å². The monoisotopic (exact) mass is 466 g/mol. The summed E-state index contributed by atoms with van der Waals surface area (Å²) in [4.78, 5) is 26.8.